The van der Waals surface area contributed by atoms with Crippen molar-refractivity contribution in [1.29, 1.82) is 0 Å². The van der Waals surface area contributed by atoms with Gasteiger partial charge in [0.25, 0.3) is 0 Å². The molecule has 0 radical (unpaired) electrons. The zero-order valence-electron chi connectivity index (χ0n) is 22.7. The summed E-state index contributed by atoms with van der Waals surface area (Å²) in [4.78, 5) is 0. The van der Waals surface area contributed by atoms with E-state index >= 15 is 4.39 Å². The van der Waals surface area contributed by atoms with Crippen LogP contribution in [0.4, 0.5) is 26.3 Å². The third-order valence-electron chi connectivity index (χ3n) is 6.88. The summed E-state index contributed by atoms with van der Waals surface area (Å²) in [5.74, 6) is -1.01. The molecule has 0 N–H and O–H groups in total. The van der Waals surface area contributed by atoms with Crippen molar-refractivity contribution in [2.75, 3.05) is 0 Å². The van der Waals surface area contributed by atoms with Gasteiger partial charge in [-0.15, -0.1) is 10.2 Å². The Morgan fingerprint density at radius 1 is 1.00 bits per heavy atom. The lowest BCUT2D eigenvalue weighted by Gasteiger charge is -2.18. The molecule has 6 rings (SSSR count). The van der Waals surface area contributed by atoms with E-state index in [1.165, 1.54) is 46.0 Å². The number of pyridine rings is 1. The first-order valence-electron chi connectivity index (χ1n) is 12.8. The Labute approximate surface area is 253 Å². The molecule has 0 aliphatic rings. The summed E-state index contributed by atoms with van der Waals surface area (Å²) in [6.45, 7) is -2.88. The van der Waals surface area contributed by atoms with Crippen LogP contribution in [0.3, 0.4) is 0 Å². The average molecular weight is 650 g/mol. The summed E-state index contributed by atoms with van der Waals surface area (Å²) in [7, 11) is 1.67. The van der Waals surface area contributed by atoms with Crippen molar-refractivity contribution in [2.45, 2.75) is 25.2 Å². The van der Waals surface area contributed by atoms with Crippen molar-refractivity contribution in [2.24, 2.45) is 7.05 Å². The van der Waals surface area contributed by atoms with Gasteiger partial charge in [-0.05, 0) is 24.3 Å². The van der Waals surface area contributed by atoms with Crippen molar-refractivity contribution in [1.82, 2.24) is 49.5 Å². The van der Waals surface area contributed by atoms with Crippen LogP contribution in [0.5, 0.6) is 0 Å². The number of hydrogen-bond acceptors (Lipinski definition) is 7. The Morgan fingerprint density at radius 2 is 1.80 bits per heavy atom. The van der Waals surface area contributed by atoms with Gasteiger partial charge in [-0.3, -0.25) is 4.68 Å². The quantitative estimate of drug-likeness (QED) is 0.132. The molecule has 45 heavy (non-hydrogen) atoms. The maximum absolute atomic E-state index is 15.4. The second-order valence-electron chi connectivity index (χ2n) is 9.71. The van der Waals surface area contributed by atoms with E-state index in [1.807, 2.05) is 0 Å². The van der Waals surface area contributed by atoms with Crippen LogP contribution in [-0.2, 0) is 19.6 Å². The van der Waals surface area contributed by atoms with Crippen LogP contribution in [0.25, 0.3) is 28.1 Å². The zero-order chi connectivity index (χ0) is 32.0. The summed E-state index contributed by atoms with van der Waals surface area (Å²) in [6.07, 6.45) is 2.45. The van der Waals surface area contributed by atoms with Crippen LogP contribution in [0.2, 0.25) is 5.02 Å². The fourth-order valence-corrected chi connectivity index (χ4v) is 4.89. The number of rotatable bonds is 8. The van der Waals surface area contributed by atoms with Crippen LogP contribution in [-0.4, -0.2) is 49.5 Å². The summed E-state index contributed by atoms with van der Waals surface area (Å²) < 4.78 is 86.0. The minimum absolute atomic E-state index is 0.0457. The summed E-state index contributed by atoms with van der Waals surface area (Å²) in [5, 5.41) is 35.8. The topological polar surface area (TPSA) is 124 Å². The molecule has 0 fully saturated rings. The second-order valence-corrected chi connectivity index (χ2v) is 10.1. The highest BCUT2D eigenvalue weighted by Crippen LogP contribution is 2.35. The number of nitrogens with zero attached hydrogens (tertiary/aromatic N) is 11. The van der Waals surface area contributed by atoms with Gasteiger partial charge < -0.3 is 5.21 Å². The predicted octanol–water partition coefficient (Wildman–Crippen LogP) is 4.79. The number of hydrogen-bond donors (Lipinski definition) is 0. The number of halogens is 7. The second kappa shape index (κ2) is 11.3. The smallest absolute Gasteiger partial charge is 0.436 e. The Balaban J connectivity index is 1.43. The molecule has 1 aromatic carbocycles. The van der Waals surface area contributed by atoms with Gasteiger partial charge in [-0.2, -0.15) is 36.9 Å². The fourth-order valence-electron chi connectivity index (χ4n) is 4.73. The Bertz CT molecular complexity index is 2000. The van der Waals surface area contributed by atoms with E-state index < -0.39 is 30.3 Å². The highest BCUT2D eigenvalue weighted by molar-refractivity contribution is 6.31. The van der Waals surface area contributed by atoms with Crippen LogP contribution in [0.15, 0.2) is 67.5 Å². The fraction of sp³-hybridized carbons (Fsp3) is 0.192. The van der Waals surface area contributed by atoms with Gasteiger partial charge >= 0.3 is 12.7 Å². The summed E-state index contributed by atoms with van der Waals surface area (Å²) in [6, 6.07) is 5.56. The molecule has 19 heteroatoms. The van der Waals surface area contributed by atoms with Crippen LogP contribution >= 0.6 is 11.6 Å². The number of aryl methyl sites for hydroxylation is 1. The molecule has 5 heterocycles. The third-order valence-corrected chi connectivity index (χ3v) is 7.17. The van der Waals surface area contributed by atoms with E-state index in [0.29, 0.717) is 26.9 Å². The van der Waals surface area contributed by atoms with E-state index in [0.717, 1.165) is 23.1 Å². The standard InChI is InChI=1S/C26H18ClF6N11O/c1-40-21(10-34-38-40)15-9-35-42(11-15)20(8-16-6-7-41(37-16)25(29)30)18-4-2-14(12-44(18)45)23-19(5-3-17(27)24(23)28)43-13-22(36-39-43)26(31,32)33/h2-7,9-13,20,25H,8H2,1H3/t20-/m0/s1. The molecule has 0 aliphatic heterocycles. The number of alkyl halides is 5. The monoisotopic (exact) mass is 649 g/mol. The van der Waals surface area contributed by atoms with Gasteiger partial charge in [0.15, 0.2) is 17.7 Å². The Kier molecular flexibility index (Phi) is 7.51. The maximum Gasteiger partial charge on any atom is 0.436 e. The molecule has 0 aliphatic carbocycles. The highest BCUT2D eigenvalue weighted by atomic mass is 35.5. The first-order chi connectivity index (χ1) is 21.4. The molecule has 0 spiro atoms. The number of aromatic nitrogens is 11. The van der Waals surface area contributed by atoms with Gasteiger partial charge in [-0.1, -0.05) is 22.0 Å². The lowest BCUT2D eigenvalue weighted by Crippen LogP contribution is -2.36. The Morgan fingerprint density at radius 3 is 2.44 bits per heavy atom. The molecule has 1 atom stereocenters. The molecule has 0 bridgehead atoms. The van der Waals surface area contributed by atoms with Crippen molar-refractivity contribution >= 4 is 11.6 Å². The molecule has 0 saturated heterocycles. The summed E-state index contributed by atoms with van der Waals surface area (Å²) in [5.41, 5.74) is -0.343. The molecule has 5 aromatic heterocycles. The normalized spacial score (nSPS) is 12.7. The van der Waals surface area contributed by atoms with Crippen LogP contribution in [0, 0.1) is 11.0 Å². The first-order valence-corrected chi connectivity index (χ1v) is 13.2. The minimum Gasteiger partial charge on any atom is -0.618 e. The summed E-state index contributed by atoms with van der Waals surface area (Å²) >= 11 is 6.00. The van der Waals surface area contributed by atoms with E-state index in [-0.39, 0.29) is 39.6 Å². The van der Waals surface area contributed by atoms with Gasteiger partial charge in [0.05, 0.1) is 51.8 Å². The molecule has 6 aromatic rings. The molecule has 232 valence electrons. The number of benzene rings is 1. The van der Waals surface area contributed by atoms with Gasteiger partial charge in [0, 0.05) is 37.5 Å². The van der Waals surface area contributed by atoms with Crippen LogP contribution in [0.1, 0.15) is 29.7 Å². The van der Waals surface area contributed by atoms with E-state index in [4.69, 9.17) is 11.6 Å². The SMILES string of the molecule is Cn1nncc1-c1cnn([C@@H](Cc2ccn(C(F)F)n2)c2ccc(-c3c(-n4cc(C(F)(F)F)nn4)ccc(Cl)c3F)c[n+]2[O-])c1. The Hall–Kier alpha value is -5.26. The predicted molar refractivity (Wildman–Crippen MR) is 143 cm³/mol. The van der Waals surface area contributed by atoms with Crippen LogP contribution < -0.4 is 4.73 Å². The van der Waals surface area contributed by atoms with Crippen molar-refractivity contribution in [3.8, 4) is 28.1 Å². The van der Waals surface area contributed by atoms with Crippen molar-refractivity contribution in [3.63, 3.8) is 0 Å². The molecule has 0 amide bonds. The van der Waals surface area contributed by atoms with Gasteiger partial charge in [-0.25, -0.2) is 18.4 Å². The molecule has 0 saturated carbocycles. The molecular weight excluding hydrogens is 632 g/mol. The van der Waals surface area contributed by atoms with E-state index in [2.05, 4.69) is 30.8 Å². The van der Waals surface area contributed by atoms with Gasteiger partial charge in [0.2, 0.25) is 5.69 Å². The third kappa shape index (κ3) is 5.70. The lowest BCUT2D eigenvalue weighted by atomic mass is 10.0. The van der Waals surface area contributed by atoms with Crippen molar-refractivity contribution in [3.05, 3.63) is 101 Å². The highest BCUT2D eigenvalue weighted by Gasteiger charge is 2.35. The molecular formula is C26H18ClF6N11O. The average Bonchev–Trinajstić information content (AvgIpc) is 3.80. The zero-order valence-corrected chi connectivity index (χ0v) is 23.4. The van der Waals surface area contributed by atoms with Gasteiger partial charge in [0.1, 0.15) is 6.04 Å². The molecule has 12 nitrogen and oxygen atoms in total. The van der Waals surface area contributed by atoms with Crippen molar-refractivity contribution < 1.29 is 31.1 Å². The minimum atomic E-state index is -4.80. The first kappa shape index (κ1) is 29.8. The molecule has 0 unspecified atom stereocenters. The van der Waals surface area contributed by atoms with E-state index in [1.54, 1.807) is 13.2 Å². The van der Waals surface area contributed by atoms with E-state index in [9.17, 15) is 27.2 Å². The largest absolute Gasteiger partial charge is 0.618 e. The lowest BCUT2D eigenvalue weighted by molar-refractivity contribution is -0.615. The maximum atomic E-state index is 15.4.